The van der Waals surface area contributed by atoms with E-state index in [0.29, 0.717) is 11.6 Å². The first-order valence-corrected chi connectivity index (χ1v) is 10.2. The fourth-order valence-corrected chi connectivity index (χ4v) is 3.91. The number of carbonyl (C=O) groups excluding carboxylic acids is 1. The molecule has 0 spiro atoms. The Hall–Kier alpha value is -3.55. The molecule has 0 bridgehead atoms. The van der Waals surface area contributed by atoms with E-state index in [1.54, 1.807) is 4.52 Å². The van der Waals surface area contributed by atoms with Crippen LogP contribution in [0.1, 0.15) is 35.9 Å². The average Bonchev–Trinajstić information content (AvgIpc) is 3.32. The van der Waals surface area contributed by atoms with Gasteiger partial charge in [-0.3, -0.25) is 4.79 Å². The molecule has 4 aromatic rings. The molecule has 5 rings (SSSR count). The van der Waals surface area contributed by atoms with Crippen molar-refractivity contribution in [1.82, 2.24) is 29.1 Å². The number of anilines is 1. The van der Waals surface area contributed by atoms with Gasteiger partial charge in [-0.1, -0.05) is 12.1 Å². The molecule has 0 fully saturated rings. The molecule has 1 aliphatic rings. The highest BCUT2D eigenvalue weighted by molar-refractivity contribution is 5.92. The van der Waals surface area contributed by atoms with E-state index >= 15 is 0 Å². The van der Waals surface area contributed by atoms with Gasteiger partial charge in [-0.15, -0.1) is 5.10 Å². The first kappa shape index (κ1) is 18.5. The van der Waals surface area contributed by atoms with Gasteiger partial charge in [-0.25, -0.2) is 14.5 Å². The van der Waals surface area contributed by atoms with Crippen LogP contribution in [0.25, 0.3) is 17.0 Å². The predicted molar refractivity (Wildman–Crippen MR) is 113 cm³/mol. The molecule has 152 valence electrons. The van der Waals surface area contributed by atoms with Crippen molar-refractivity contribution in [3.63, 3.8) is 0 Å². The molecule has 0 unspecified atom stereocenters. The molecular weight excluding hydrogens is 378 g/mol. The van der Waals surface area contributed by atoms with Crippen LogP contribution in [-0.2, 0) is 24.2 Å². The molecule has 1 aromatic carbocycles. The maximum absolute atomic E-state index is 12.5. The van der Waals surface area contributed by atoms with Crippen molar-refractivity contribution in [3.8, 4) is 11.3 Å². The molecule has 8 nitrogen and oxygen atoms in total. The summed E-state index contributed by atoms with van der Waals surface area (Å²) in [6.07, 6.45) is 5.67. The zero-order valence-corrected chi connectivity index (χ0v) is 17.1. The number of fused-ring (bicyclic) bond motifs is 2. The number of benzene rings is 1. The number of aromatic nitrogens is 6. The van der Waals surface area contributed by atoms with Gasteiger partial charge in [0.25, 0.3) is 5.78 Å². The molecule has 0 saturated heterocycles. The predicted octanol–water partition coefficient (Wildman–Crippen LogP) is 3.12. The topological polar surface area (TPSA) is 90.0 Å². The van der Waals surface area contributed by atoms with Crippen molar-refractivity contribution in [2.24, 2.45) is 0 Å². The van der Waals surface area contributed by atoms with Crippen LogP contribution in [0.5, 0.6) is 0 Å². The normalized spacial score (nSPS) is 13.4. The zero-order valence-electron chi connectivity index (χ0n) is 17.1. The lowest BCUT2D eigenvalue weighted by atomic mass is 10.1. The number of amides is 1. The van der Waals surface area contributed by atoms with Gasteiger partial charge in [0.2, 0.25) is 5.91 Å². The zero-order chi connectivity index (χ0) is 20.7. The molecule has 8 heteroatoms. The van der Waals surface area contributed by atoms with Crippen molar-refractivity contribution < 1.29 is 4.79 Å². The van der Waals surface area contributed by atoms with Gasteiger partial charge in [-0.2, -0.15) is 4.98 Å². The molecule has 30 heavy (non-hydrogen) atoms. The third-order valence-electron chi connectivity index (χ3n) is 5.35. The van der Waals surface area contributed by atoms with E-state index < -0.39 is 0 Å². The van der Waals surface area contributed by atoms with Crippen molar-refractivity contribution in [3.05, 3.63) is 59.6 Å². The fraction of sp³-hybridized carbons (Fsp3) is 0.318. The molecular formula is C22H23N7O. The number of nitrogens with zero attached hydrogens (tertiary/aromatic N) is 6. The van der Waals surface area contributed by atoms with Crippen LogP contribution >= 0.6 is 0 Å². The Morgan fingerprint density at radius 2 is 1.93 bits per heavy atom. The summed E-state index contributed by atoms with van der Waals surface area (Å²) in [5.74, 6) is 1.97. The van der Waals surface area contributed by atoms with E-state index in [0.717, 1.165) is 47.1 Å². The highest BCUT2D eigenvalue weighted by Crippen LogP contribution is 2.24. The second kappa shape index (κ2) is 7.37. The second-order valence-electron chi connectivity index (χ2n) is 7.77. The molecule has 0 saturated carbocycles. The largest absolute Gasteiger partial charge is 0.334 e. The number of hydrogen-bond donors (Lipinski definition) is 1. The number of carbonyl (C=O) groups is 1. The number of hydrogen-bond acceptors (Lipinski definition) is 5. The lowest BCUT2D eigenvalue weighted by molar-refractivity contribution is -0.115. The summed E-state index contributed by atoms with van der Waals surface area (Å²) >= 11 is 0. The van der Waals surface area contributed by atoms with Gasteiger partial charge in [0.15, 0.2) is 5.82 Å². The van der Waals surface area contributed by atoms with E-state index in [1.807, 2.05) is 44.2 Å². The maximum atomic E-state index is 12.5. The Balaban J connectivity index is 1.27. The van der Waals surface area contributed by atoms with E-state index in [2.05, 4.69) is 31.1 Å². The quantitative estimate of drug-likeness (QED) is 0.567. The van der Waals surface area contributed by atoms with Gasteiger partial charge >= 0.3 is 0 Å². The highest BCUT2D eigenvalue weighted by atomic mass is 16.1. The van der Waals surface area contributed by atoms with Gasteiger partial charge in [0, 0.05) is 41.8 Å². The highest BCUT2D eigenvalue weighted by Gasteiger charge is 2.14. The molecule has 4 heterocycles. The Morgan fingerprint density at radius 1 is 1.10 bits per heavy atom. The molecule has 1 N–H and O–H groups in total. The SMILES string of the molecule is Cc1cc(C)n2nc(CC(=O)Nc3ccc(-c4cn5c(n4)CCCC5)cc3)nc2n1. The smallest absolute Gasteiger partial charge is 0.252 e. The molecule has 1 amide bonds. The lowest BCUT2D eigenvalue weighted by Gasteiger charge is -2.11. The number of imidazole rings is 1. The van der Waals surface area contributed by atoms with Crippen LogP contribution < -0.4 is 5.32 Å². The summed E-state index contributed by atoms with van der Waals surface area (Å²) in [7, 11) is 0. The van der Waals surface area contributed by atoms with Gasteiger partial charge in [0.05, 0.1) is 12.1 Å². The standard InChI is InChI=1S/C22H23N7O/c1-14-11-15(2)29-22(23-14)26-19(27-29)12-21(30)24-17-8-6-16(7-9-17)18-13-28-10-4-3-5-20(28)25-18/h6-9,11,13H,3-5,10,12H2,1-2H3,(H,24,30). The average molecular weight is 401 g/mol. The summed E-state index contributed by atoms with van der Waals surface area (Å²) in [6, 6.07) is 9.71. The Morgan fingerprint density at radius 3 is 2.73 bits per heavy atom. The molecule has 0 radical (unpaired) electrons. The fourth-order valence-electron chi connectivity index (χ4n) is 3.91. The number of rotatable bonds is 4. The van der Waals surface area contributed by atoms with Gasteiger partial charge in [0.1, 0.15) is 5.82 Å². The molecule has 3 aromatic heterocycles. The van der Waals surface area contributed by atoms with Crippen molar-refractivity contribution in [1.29, 1.82) is 0 Å². The van der Waals surface area contributed by atoms with Crippen molar-refractivity contribution >= 4 is 17.4 Å². The monoisotopic (exact) mass is 401 g/mol. The number of aryl methyl sites for hydroxylation is 4. The van der Waals surface area contributed by atoms with Crippen LogP contribution in [0.4, 0.5) is 5.69 Å². The Kier molecular flexibility index (Phi) is 4.54. The number of nitrogens with one attached hydrogen (secondary N) is 1. The summed E-state index contributed by atoms with van der Waals surface area (Å²) < 4.78 is 3.91. The van der Waals surface area contributed by atoms with Crippen LogP contribution in [0.3, 0.4) is 0 Å². The first-order chi connectivity index (χ1) is 14.5. The third kappa shape index (κ3) is 3.56. The minimum absolute atomic E-state index is 0.0946. The van der Waals surface area contributed by atoms with E-state index in [1.165, 1.54) is 12.8 Å². The summed E-state index contributed by atoms with van der Waals surface area (Å²) in [6.45, 7) is 4.90. The van der Waals surface area contributed by atoms with Crippen molar-refractivity contribution in [2.45, 2.75) is 46.1 Å². The Bertz CT molecular complexity index is 1210. The summed E-state index contributed by atoms with van der Waals surface area (Å²) in [5, 5.41) is 7.31. The lowest BCUT2D eigenvalue weighted by Crippen LogP contribution is -2.15. The first-order valence-electron chi connectivity index (χ1n) is 10.2. The maximum Gasteiger partial charge on any atom is 0.252 e. The van der Waals surface area contributed by atoms with Crippen LogP contribution in [0.2, 0.25) is 0 Å². The minimum atomic E-state index is -0.162. The van der Waals surface area contributed by atoms with Crippen molar-refractivity contribution in [2.75, 3.05) is 5.32 Å². The molecule has 1 aliphatic heterocycles. The van der Waals surface area contributed by atoms with Gasteiger partial charge in [-0.05, 0) is 44.9 Å². The summed E-state index contributed by atoms with van der Waals surface area (Å²) in [4.78, 5) is 25.9. The van der Waals surface area contributed by atoms with Crippen LogP contribution in [-0.4, -0.2) is 35.0 Å². The summed E-state index contributed by atoms with van der Waals surface area (Å²) in [5.41, 5.74) is 4.59. The van der Waals surface area contributed by atoms with E-state index in [-0.39, 0.29) is 12.3 Å². The van der Waals surface area contributed by atoms with E-state index in [9.17, 15) is 4.79 Å². The Labute approximate surface area is 174 Å². The molecule has 0 atom stereocenters. The second-order valence-corrected chi connectivity index (χ2v) is 7.77. The van der Waals surface area contributed by atoms with Crippen LogP contribution in [0.15, 0.2) is 36.5 Å². The van der Waals surface area contributed by atoms with E-state index in [4.69, 9.17) is 4.98 Å². The minimum Gasteiger partial charge on any atom is -0.334 e. The third-order valence-corrected chi connectivity index (χ3v) is 5.35. The molecule has 0 aliphatic carbocycles. The van der Waals surface area contributed by atoms with Gasteiger partial charge < -0.3 is 9.88 Å². The van der Waals surface area contributed by atoms with Crippen LogP contribution in [0, 0.1) is 13.8 Å².